The zero-order chi connectivity index (χ0) is 18.6. The lowest BCUT2D eigenvalue weighted by Gasteiger charge is -2.12. The third kappa shape index (κ3) is 4.08. The molecule has 0 fully saturated rings. The molecular formula is C22H18FNO3. The van der Waals surface area contributed by atoms with Gasteiger partial charge in [0.05, 0.1) is 0 Å². The van der Waals surface area contributed by atoms with Gasteiger partial charge in [-0.25, -0.2) is 4.39 Å². The fourth-order valence-corrected chi connectivity index (χ4v) is 2.95. The normalized spacial score (nSPS) is 14.9. The molecule has 0 radical (unpaired) electrons. The second-order valence-corrected chi connectivity index (χ2v) is 6.34. The van der Waals surface area contributed by atoms with E-state index in [2.05, 4.69) is 5.32 Å². The van der Waals surface area contributed by atoms with Gasteiger partial charge in [-0.3, -0.25) is 4.79 Å². The molecule has 1 aliphatic heterocycles. The monoisotopic (exact) mass is 363 g/mol. The number of hydrogen-bond donors (Lipinski definition) is 1. The number of ether oxygens (including phenoxy) is 2. The molecule has 0 saturated carbocycles. The molecule has 3 aromatic rings. The number of nitrogens with one attached hydrogen (secondary N) is 1. The number of halogens is 1. The van der Waals surface area contributed by atoms with Crippen LogP contribution in [-0.2, 0) is 17.8 Å². The van der Waals surface area contributed by atoms with Crippen molar-refractivity contribution in [2.45, 2.75) is 19.1 Å². The molecule has 1 heterocycles. The Balaban J connectivity index is 1.30. The molecule has 4 nitrogen and oxygen atoms in total. The summed E-state index contributed by atoms with van der Waals surface area (Å²) in [7, 11) is 0. The third-order valence-electron chi connectivity index (χ3n) is 4.38. The van der Waals surface area contributed by atoms with Gasteiger partial charge in [0.25, 0.3) is 5.91 Å². The van der Waals surface area contributed by atoms with E-state index in [1.54, 1.807) is 12.1 Å². The van der Waals surface area contributed by atoms with Gasteiger partial charge in [0.2, 0.25) is 0 Å². The Morgan fingerprint density at radius 3 is 2.37 bits per heavy atom. The summed E-state index contributed by atoms with van der Waals surface area (Å²) in [6, 6.07) is 20.9. The topological polar surface area (TPSA) is 47.6 Å². The van der Waals surface area contributed by atoms with Crippen molar-refractivity contribution < 1.29 is 18.7 Å². The molecule has 0 aromatic heterocycles. The Labute approximate surface area is 156 Å². The average molecular weight is 363 g/mol. The van der Waals surface area contributed by atoms with E-state index in [-0.39, 0.29) is 11.7 Å². The molecule has 5 heteroatoms. The van der Waals surface area contributed by atoms with Gasteiger partial charge >= 0.3 is 0 Å². The first kappa shape index (κ1) is 17.1. The molecule has 4 rings (SSSR count). The second-order valence-electron chi connectivity index (χ2n) is 6.34. The molecule has 136 valence electrons. The van der Waals surface area contributed by atoms with Crippen LogP contribution in [0.5, 0.6) is 17.2 Å². The van der Waals surface area contributed by atoms with E-state index >= 15 is 0 Å². The van der Waals surface area contributed by atoms with Gasteiger partial charge in [0.15, 0.2) is 6.10 Å². The number of amides is 1. The predicted octanol–water partition coefficient (Wildman–Crippen LogP) is 4.24. The van der Waals surface area contributed by atoms with E-state index in [0.29, 0.717) is 24.5 Å². The quantitative estimate of drug-likeness (QED) is 0.738. The number of para-hydroxylation sites is 1. The van der Waals surface area contributed by atoms with Crippen LogP contribution in [0.4, 0.5) is 4.39 Å². The van der Waals surface area contributed by atoms with Crippen LogP contribution in [0, 0.1) is 5.82 Å². The van der Waals surface area contributed by atoms with Crippen LogP contribution in [0.3, 0.4) is 0 Å². The van der Waals surface area contributed by atoms with E-state index in [1.807, 2.05) is 48.5 Å². The predicted molar refractivity (Wildman–Crippen MR) is 99.3 cm³/mol. The fraction of sp³-hybridized carbons (Fsp3) is 0.136. The summed E-state index contributed by atoms with van der Waals surface area (Å²) in [6.45, 7) is 0.409. The number of benzene rings is 3. The lowest BCUT2D eigenvalue weighted by Crippen LogP contribution is -2.36. The highest BCUT2D eigenvalue weighted by molar-refractivity contribution is 5.82. The maximum absolute atomic E-state index is 12.9. The standard InChI is InChI=1S/C22H18FNO3/c23-17-7-11-19(12-8-17)26-18-9-5-15(6-10-18)14-24-22(25)21-13-16-3-1-2-4-20(16)27-21/h1-12,21H,13-14H2,(H,24,25)/t21-/m0/s1. The summed E-state index contributed by atoms with van der Waals surface area (Å²) >= 11 is 0. The van der Waals surface area contributed by atoms with Crippen molar-refractivity contribution in [1.29, 1.82) is 0 Å². The Hall–Kier alpha value is -3.34. The summed E-state index contributed by atoms with van der Waals surface area (Å²) in [5, 5.41) is 2.90. The van der Waals surface area contributed by atoms with E-state index in [0.717, 1.165) is 16.9 Å². The highest BCUT2D eigenvalue weighted by atomic mass is 19.1. The van der Waals surface area contributed by atoms with Gasteiger partial charge in [-0.1, -0.05) is 30.3 Å². The van der Waals surface area contributed by atoms with Crippen molar-refractivity contribution in [3.05, 3.63) is 89.7 Å². The number of carbonyl (C=O) groups excluding carboxylic acids is 1. The number of carbonyl (C=O) groups is 1. The fourth-order valence-electron chi connectivity index (χ4n) is 2.95. The van der Waals surface area contributed by atoms with E-state index < -0.39 is 6.10 Å². The van der Waals surface area contributed by atoms with Gasteiger partial charge < -0.3 is 14.8 Å². The highest BCUT2D eigenvalue weighted by Crippen LogP contribution is 2.28. The summed E-state index contributed by atoms with van der Waals surface area (Å²) in [4.78, 5) is 12.3. The van der Waals surface area contributed by atoms with E-state index in [1.165, 1.54) is 12.1 Å². The molecule has 0 bridgehead atoms. The molecule has 1 amide bonds. The molecule has 0 spiro atoms. The molecule has 1 atom stereocenters. The Morgan fingerprint density at radius 1 is 1.00 bits per heavy atom. The van der Waals surface area contributed by atoms with Crippen molar-refractivity contribution in [2.24, 2.45) is 0 Å². The van der Waals surface area contributed by atoms with Crippen molar-refractivity contribution >= 4 is 5.91 Å². The van der Waals surface area contributed by atoms with Crippen LogP contribution in [0.1, 0.15) is 11.1 Å². The van der Waals surface area contributed by atoms with Crippen LogP contribution < -0.4 is 14.8 Å². The number of fused-ring (bicyclic) bond motifs is 1. The first-order valence-corrected chi connectivity index (χ1v) is 8.72. The van der Waals surface area contributed by atoms with Crippen molar-refractivity contribution in [2.75, 3.05) is 0 Å². The lowest BCUT2D eigenvalue weighted by atomic mass is 10.1. The minimum absolute atomic E-state index is 0.127. The highest BCUT2D eigenvalue weighted by Gasteiger charge is 2.28. The van der Waals surface area contributed by atoms with Crippen LogP contribution in [-0.4, -0.2) is 12.0 Å². The lowest BCUT2D eigenvalue weighted by molar-refractivity contribution is -0.127. The van der Waals surface area contributed by atoms with Crippen LogP contribution in [0.15, 0.2) is 72.8 Å². The molecule has 3 aromatic carbocycles. The van der Waals surface area contributed by atoms with Crippen molar-refractivity contribution in [3.63, 3.8) is 0 Å². The van der Waals surface area contributed by atoms with E-state index in [4.69, 9.17) is 9.47 Å². The smallest absolute Gasteiger partial charge is 0.261 e. The van der Waals surface area contributed by atoms with Crippen LogP contribution in [0.25, 0.3) is 0 Å². The van der Waals surface area contributed by atoms with Gasteiger partial charge in [-0.15, -0.1) is 0 Å². The molecule has 0 aliphatic carbocycles. The molecule has 0 saturated heterocycles. The number of hydrogen-bond acceptors (Lipinski definition) is 3. The summed E-state index contributed by atoms with van der Waals surface area (Å²) in [5.74, 6) is 1.56. The SMILES string of the molecule is O=C(NCc1ccc(Oc2ccc(F)cc2)cc1)[C@@H]1Cc2ccccc2O1. The Kier molecular flexibility index (Phi) is 4.75. The summed E-state index contributed by atoms with van der Waals surface area (Å²) in [5.41, 5.74) is 2.00. The first-order chi connectivity index (χ1) is 13.2. The van der Waals surface area contributed by atoms with Crippen molar-refractivity contribution in [3.8, 4) is 17.2 Å². The van der Waals surface area contributed by atoms with Gasteiger partial charge in [-0.05, 0) is 53.6 Å². The Morgan fingerprint density at radius 2 is 1.67 bits per heavy atom. The second kappa shape index (κ2) is 7.50. The maximum atomic E-state index is 12.9. The average Bonchev–Trinajstić information content (AvgIpc) is 3.13. The molecule has 27 heavy (non-hydrogen) atoms. The third-order valence-corrected chi connectivity index (χ3v) is 4.38. The molecule has 0 unspecified atom stereocenters. The van der Waals surface area contributed by atoms with Gasteiger partial charge in [0, 0.05) is 13.0 Å². The van der Waals surface area contributed by atoms with E-state index in [9.17, 15) is 9.18 Å². The zero-order valence-corrected chi connectivity index (χ0v) is 14.5. The van der Waals surface area contributed by atoms with Gasteiger partial charge in [0.1, 0.15) is 23.1 Å². The minimum atomic E-state index is -0.483. The maximum Gasteiger partial charge on any atom is 0.261 e. The summed E-state index contributed by atoms with van der Waals surface area (Å²) < 4.78 is 24.3. The van der Waals surface area contributed by atoms with Crippen LogP contribution >= 0.6 is 0 Å². The largest absolute Gasteiger partial charge is 0.480 e. The number of rotatable bonds is 5. The molecule has 1 N–H and O–H groups in total. The van der Waals surface area contributed by atoms with Gasteiger partial charge in [-0.2, -0.15) is 0 Å². The van der Waals surface area contributed by atoms with Crippen molar-refractivity contribution in [1.82, 2.24) is 5.32 Å². The zero-order valence-electron chi connectivity index (χ0n) is 14.5. The Bertz CT molecular complexity index is 914. The molecular weight excluding hydrogens is 345 g/mol. The van der Waals surface area contributed by atoms with Crippen LogP contribution in [0.2, 0.25) is 0 Å². The first-order valence-electron chi connectivity index (χ1n) is 8.72. The minimum Gasteiger partial charge on any atom is -0.480 e. The summed E-state index contributed by atoms with van der Waals surface area (Å²) in [6.07, 6.45) is 0.107. The molecule has 1 aliphatic rings.